The van der Waals surface area contributed by atoms with Crippen LogP contribution in [0.15, 0.2) is 42.5 Å². The Morgan fingerprint density at radius 1 is 1.08 bits per heavy atom. The number of ether oxygens (including phenoxy) is 3. The molecule has 1 unspecified atom stereocenters. The van der Waals surface area contributed by atoms with Gasteiger partial charge in [-0.2, -0.15) is 0 Å². The molecule has 0 saturated heterocycles. The van der Waals surface area contributed by atoms with Crippen molar-refractivity contribution in [3.05, 3.63) is 48.0 Å². The van der Waals surface area contributed by atoms with E-state index in [2.05, 4.69) is 15.6 Å². The van der Waals surface area contributed by atoms with Crippen molar-refractivity contribution >= 4 is 22.8 Å². The van der Waals surface area contributed by atoms with E-state index >= 15 is 0 Å². The zero-order chi connectivity index (χ0) is 26.2. The van der Waals surface area contributed by atoms with E-state index in [9.17, 15) is 9.59 Å². The SMILES string of the molecule is COCCN(C(=O)Cn1nnc2ccccc21)C(C(=O)NC1CCCCC1)c1cc(OC)ccc1OC. The van der Waals surface area contributed by atoms with E-state index in [1.807, 2.05) is 24.3 Å². The van der Waals surface area contributed by atoms with Crippen LogP contribution in [0.5, 0.6) is 11.5 Å². The van der Waals surface area contributed by atoms with Gasteiger partial charge in [-0.25, -0.2) is 4.68 Å². The maximum atomic E-state index is 13.9. The van der Waals surface area contributed by atoms with Crippen LogP contribution in [0.3, 0.4) is 0 Å². The van der Waals surface area contributed by atoms with Gasteiger partial charge in [-0.3, -0.25) is 9.59 Å². The molecule has 1 atom stereocenters. The Balaban J connectivity index is 1.72. The van der Waals surface area contributed by atoms with E-state index < -0.39 is 6.04 Å². The minimum absolute atomic E-state index is 0.0685. The maximum Gasteiger partial charge on any atom is 0.247 e. The Morgan fingerprint density at radius 2 is 1.86 bits per heavy atom. The molecular weight excluding hydrogens is 474 g/mol. The Morgan fingerprint density at radius 3 is 2.59 bits per heavy atom. The van der Waals surface area contributed by atoms with E-state index in [4.69, 9.17) is 14.2 Å². The number of nitrogens with one attached hydrogen (secondary N) is 1. The average molecular weight is 510 g/mol. The number of carbonyl (C=O) groups excluding carboxylic acids is 2. The molecular formula is C27H35N5O5. The van der Waals surface area contributed by atoms with Crippen LogP contribution in [0.25, 0.3) is 11.0 Å². The Labute approximate surface area is 216 Å². The maximum absolute atomic E-state index is 13.9. The minimum Gasteiger partial charge on any atom is -0.497 e. The summed E-state index contributed by atoms with van der Waals surface area (Å²) in [7, 11) is 4.67. The third kappa shape index (κ3) is 6.19. The van der Waals surface area contributed by atoms with Crippen LogP contribution in [-0.2, 0) is 20.9 Å². The predicted octanol–water partition coefficient (Wildman–Crippen LogP) is 3.11. The first-order valence-electron chi connectivity index (χ1n) is 12.6. The van der Waals surface area contributed by atoms with Crippen molar-refractivity contribution in [2.75, 3.05) is 34.5 Å². The zero-order valence-electron chi connectivity index (χ0n) is 21.7. The highest BCUT2D eigenvalue weighted by Gasteiger charge is 2.35. The van der Waals surface area contributed by atoms with Crippen LogP contribution < -0.4 is 14.8 Å². The summed E-state index contributed by atoms with van der Waals surface area (Å²) in [6.07, 6.45) is 5.16. The lowest BCUT2D eigenvalue weighted by Crippen LogP contribution is -2.49. The number of fused-ring (bicyclic) bond motifs is 1. The molecule has 0 radical (unpaired) electrons. The van der Waals surface area contributed by atoms with Gasteiger partial charge < -0.3 is 24.4 Å². The van der Waals surface area contributed by atoms with Crippen molar-refractivity contribution in [1.29, 1.82) is 0 Å². The van der Waals surface area contributed by atoms with Gasteiger partial charge in [0.15, 0.2) is 0 Å². The molecule has 10 heteroatoms. The van der Waals surface area contributed by atoms with Gasteiger partial charge in [0, 0.05) is 25.3 Å². The van der Waals surface area contributed by atoms with Gasteiger partial charge in [0.2, 0.25) is 11.8 Å². The summed E-state index contributed by atoms with van der Waals surface area (Å²) in [5.74, 6) is 0.506. The number of rotatable bonds is 11. The minimum atomic E-state index is -0.954. The number of methoxy groups -OCH3 is 3. The second-order valence-electron chi connectivity index (χ2n) is 9.17. The Bertz CT molecular complexity index is 1210. The Hall–Kier alpha value is -3.66. The molecule has 1 N–H and O–H groups in total. The van der Waals surface area contributed by atoms with Crippen LogP contribution >= 0.6 is 0 Å². The van der Waals surface area contributed by atoms with Crippen LogP contribution in [-0.4, -0.2) is 72.2 Å². The molecule has 2 amide bonds. The molecule has 1 aliphatic carbocycles. The highest BCUT2D eigenvalue weighted by atomic mass is 16.5. The largest absolute Gasteiger partial charge is 0.497 e. The van der Waals surface area contributed by atoms with Gasteiger partial charge in [0.05, 0.1) is 26.3 Å². The lowest BCUT2D eigenvalue weighted by Gasteiger charge is -2.34. The van der Waals surface area contributed by atoms with Crippen molar-refractivity contribution in [3.8, 4) is 11.5 Å². The van der Waals surface area contributed by atoms with Crippen LogP contribution in [0.4, 0.5) is 0 Å². The van der Waals surface area contributed by atoms with Crippen molar-refractivity contribution in [3.63, 3.8) is 0 Å². The summed E-state index contributed by atoms with van der Waals surface area (Å²) in [6, 6.07) is 11.8. The second kappa shape index (κ2) is 12.5. The first-order valence-corrected chi connectivity index (χ1v) is 12.6. The number of hydrogen-bond donors (Lipinski definition) is 1. The molecule has 1 heterocycles. The zero-order valence-corrected chi connectivity index (χ0v) is 21.7. The number of benzene rings is 2. The molecule has 0 spiro atoms. The quantitative estimate of drug-likeness (QED) is 0.423. The normalized spacial score (nSPS) is 14.8. The van der Waals surface area contributed by atoms with Gasteiger partial charge >= 0.3 is 0 Å². The molecule has 1 aliphatic rings. The predicted molar refractivity (Wildman–Crippen MR) is 138 cm³/mol. The van der Waals surface area contributed by atoms with Gasteiger partial charge in [-0.15, -0.1) is 5.10 Å². The highest BCUT2D eigenvalue weighted by molar-refractivity contribution is 5.90. The van der Waals surface area contributed by atoms with Crippen molar-refractivity contribution < 1.29 is 23.8 Å². The molecule has 0 bridgehead atoms. The molecule has 2 aromatic carbocycles. The van der Waals surface area contributed by atoms with Crippen molar-refractivity contribution in [1.82, 2.24) is 25.2 Å². The molecule has 1 saturated carbocycles. The van der Waals surface area contributed by atoms with Gasteiger partial charge in [-0.05, 0) is 43.2 Å². The summed E-state index contributed by atoms with van der Waals surface area (Å²) < 4.78 is 18.0. The van der Waals surface area contributed by atoms with E-state index in [0.717, 1.165) is 31.2 Å². The molecule has 198 valence electrons. The number of amides is 2. The van der Waals surface area contributed by atoms with E-state index in [0.29, 0.717) is 22.6 Å². The molecule has 1 fully saturated rings. The number of aromatic nitrogens is 3. The van der Waals surface area contributed by atoms with E-state index in [1.165, 1.54) is 11.3 Å². The average Bonchev–Trinajstić information content (AvgIpc) is 3.33. The topological polar surface area (TPSA) is 108 Å². The fourth-order valence-corrected chi connectivity index (χ4v) is 4.87. The first-order chi connectivity index (χ1) is 18.0. The molecule has 10 nitrogen and oxygen atoms in total. The summed E-state index contributed by atoms with van der Waals surface area (Å²) in [5, 5.41) is 11.5. The smallest absolute Gasteiger partial charge is 0.247 e. The third-order valence-corrected chi connectivity index (χ3v) is 6.80. The van der Waals surface area contributed by atoms with Gasteiger partial charge in [0.25, 0.3) is 0 Å². The van der Waals surface area contributed by atoms with E-state index in [-0.39, 0.29) is 37.6 Å². The molecule has 1 aromatic heterocycles. The summed E-state index contributed by atoms with van der Waals surface area (Å²) in [6.45, 7) is 0.373. The second-order valence-corrected chi connectivity index (χ2v) is 9.17. The molecule has 37 heavy (non-hydrogen) atoms. The lowest BCUT2D eigenvalue weighted by molar-refractivity contribution is -0.142. The summed E-state index contributed by atoms with van der Waals surface area (Å²) >= 11 is 0. The third-order valence-electron chi connectivity index (χ3n) is 6.80. The fraction of sp³-hybridized carbons (Fsp3) is 0.481. The van der Waals surface area contributed by atoms with Crippen molar-refractivity contribution in [2.45, 2.75) is 50.7 Å². The number of nitrogens with zero attached hydrogens (tertiary/aromatic N) is 4. The first kappa shape index (κ1) is 26.4. The summed E-state index contributed by atoms with van der Waals surface area (Å²) in [5.41, 5.74) is 1.98. The summed E-state index contributed by atoms with van der Waals surface area (Å²) in [4.78, 5) is 29.3. The van der Waals surface area contributed by atoms with E-state index in [1.54, 1.807) is 44.2 Å². The fourth-order valence-electron chi connectivity index (χ4n) is 4.87. The Kier molecular flexibility index (Phi) is 8.95. The monoisotopic (exact) mass is 509 g/mol. The van der Waals surface area contributed by atoms with Crippen molar-refractivity contribution in [2.24, 2.45) is 0 Å². The number of carbonyl (C=O) groups is 2. The van der Waals surface area contributed by atoms with Gasteiger partial charge in [0.1, 0.15) is 29.6 Å². The van der Waals surface area contributed by atoms with Crippen LogP contribution in [0.2, 0.25) is 0 Å². The number of para-hydroxylation sites is 1. The van der Waals surface area contributed by atoms with Gasteiger partial charge in [-0.1, -0.05) is 36.6 Å². The van der Waals surface area contributed by atoms with Crippen LogP contribution in [0, 0.1) is 0 Å². The van der Waals surface area contributed by atoms with Crippen LogP contribution in [0.1, 0.15) is 43.7 Å². The molecule has 4 rings (SSSR count). The highest BCUT2D eigenvalue weighted by Crippen LogP contribution is 2.34. The lowest BCUT2D eigenvalue weighted by atomic mass is 9.94. The standard InChI is InChI=1S/C27H35N5O5/c1-35-16-15-31(25(33)18-32-23-12-8-7-11-22(23)29-30-32)26(27(34)28-19-9-5-4-6-10-19)21-17-20(36-2)13-14-24(21)37-3/h7-8,11-14,17,19,26H,4-6,9-10,15-16,18H2,1-3H3,(H,28,34). The number of hydrogen-bond acceptors (Lipinski definition) is 7. The molecule has 3 aromatic rings. The molecule has 0 aliphatic heterocycles.